The predicted octanol–water partition coefficient (Wildman–Crippen LogP) is 6.77. The van der Waals surface area contributed by atoms with Gasteiger partial charge in [0.1, 0.15) is 5.41 Å². The highest BCUT2D eigenvalue weighted by Gasteiger charge is 2.59. The lowest BCUT2D eigenvalue weighted by Crippen LogP contribution is -2.57. The van der Waals surface area contributed by atoms with E-state index in [2.05, 4.69) is 38.2 Å². The molecule has 1 aliphatic heterocycles. The lowest BCUT2D eigenvalue weighted by Gasteiger charge is -2.48. The molecule has 3 unspecified atom stereocenters. The summed E-state index contributed by atoms with van der Waals surface area (Å²) in [6, 6.07) is 8.49. The van der Waals surface area contributed by atoms with Crippen LogP contribution in [0.25, 0.3) is 0 Å². The Morgan fingerprint density at radius 3 is 2.53 bits per heavy atom. The van der Waals surface area contributed by atoms with Gasteiger partial charge in [-0.3, -0.25) is 14.4 Å². The van der Waals surface area contributed by atoms with Crippen molar-refractivity contribution in [1.29, 1.82) is 0 Å². The quantitative estimate of drug-likeness (QED) is 0.278. The third kappa shape index (κ3) is 6.24. The summed E-state index contributed by atoms with van der Waals surface area (Å²) in [4.78, 5) is 39.8. The van der Waals surface area contributed by atoms with Gasteiger partial charge in [-0.1, -0.05) is 61.6 Å². The van der Waals surface area contributed by atoms with Crippen LogP contribution in [0.1, 0.15) is 42.1 Å². The number of hydrogen-bond donors (Lipinski definition) is 2. The van der Waals surface area contributed by atoms with E-state index in [9.17, 15) is 27.6 Å². The summed E-state index contributed by atoms with van der Waals surface area (Å²) in [6.07, 6.45) is 2.67. The molecule has 1 heterocycles. The Bertz CT molecular complexity index is 1540. The molecule has 0 aromatic heterocycles. The van der Waals surface area contributed by atoms with Gasteiger partial charge < -0.3 is 11.1 Å². The van der Waals surface area contributed by atoms with E-state index >= 15 is 0 Å². The SMILES string of the molecule is CSCC(C)(C)C1(C(N)=O)C(I)=CC=CC1C(=O)Nc1ccc(CN2N=NC(c3cccc(C(F)(F)F)c3)C2=O)cc1C. The summed E-state index contributed by atoms with van der Waals surface area (Å²) in [7, 11) is 0. The van der Waals surface area contributed by atoms with E-state index in [4.69, 9.17) is 5.73 Å². The Kier molecular flexibility index (Phi) is 9.45. The number of primary amides is 1. The summed E-state index contributed by atoms with van der Waals surface area (Å²) in [5.74, 6) is -1.75. The van der Waals surface area contributed by atoms with Crippen LogP contribution in [0.4, 0.5) is 18.9 Å². The van der Waals surface area contributed by atoms with E-state index < -0.39 is 46.3 Å². The number of nitrogens with two attached hydrogens (primary N) is 1. The molecule has 43 heavy (non-hydrogen) atoms. The van der Waals surface area contributed by atoms with Gasteiger partial charge in [-0.2, -0.15) is 30.0 Å². The van der Waals surface area contributed by atoms with Crippen LogP contribution in [-0.2, 0) is 27.1 Å². The van der Waals surface area contributed by atoms with Crippen molar-refractivity contribution in [3.63, 3.8) is 0 Å². The second-order valence-electron chi connectivity index (χ2n) is 11.1. The minimum Gasteiger partial charge on any atom is -0.369 e. The van der Waals surface area contributed by atoms with Gasteiger partial charge in [0.05, 0.1) is 18.0 Å². The first kappa shape index (κ1) is 32.7. The molecule has 2 aromatic rings. The molecule has 13 heteroatoms. The number of benzene rings is 2. The molecule has 8 nitrogen and oxygen atoms in total. The molecule has 3 amide bonds. The van der Waals surface area contributed by atoms with Gasteiger partial charge in [-0.05, 0) is 81.8 Å². The fourth-order valence-corrected chi connectivity index (χ4v) is 8.17. The van der Waals surface area contributed by atoms with Gasteiger partial charge in [-0.25, -0.2) is 5.01 Å². The largest absolute Gasteiger partial charge is 0.416 e. The summed E-state index contributed by atoms with van der Waals surface area (Å²) >= 11 is 3.67. The van der Waals surface area contributed by atoms with Crippen molar-refractivity contribution in [1.82, 2.24) is 5.01 Å². The number of rotatable bonds is 9. The fourth-order valence-electron chi connectivity index (χ4n) is 5.68. The summed E-state index contributed by atoms with van der Waals surface area (Å²) in [5.41, 5.74) is 5.28. The number of thioether (sulfide) groups is 1. The summed E-state index contributed by atoms with van der Waals surface area (Å²) in [6.45, 7) is 5.70. The molecule has 0 saturated heterocycles. The van der Waals surface area contributed by atoms with Gasteiger partial charge >= 0.3 is 6.18 Å². The first-order valence-electron chi connectivity index (χ1n) is 13.3. The topological polar surface area (TPSA) is 117 Å². The number of amides is 3. The zero-order valence-electron chi connectivity index (χ0n) is 23.9. The second-order valence-corrected chi connectivity index (χ2v) is 13.2. The van der Waals surface area contributed by atoms with Gasteiger partial charge in [-0.15, -0.1) is 0 Å². The summed E-state index contributed by atoms with van der Waals surface area (Å²) < 4.78 is 40.1. The van der Waals surface area contributed by atoms with Crippen molar-refractivity contribution in [2.24, 2.45) is 32.8 Å². The monoisotopic (exact) mass is 725 g/mol. The highest BCUT2D eigenvalue weighted by molar-refractivity contribution is 14.1. The molecule has 0 spiro atoms. The van der Waals surface area contributed by atoms with Crippen molar-refractivity contribution in [3.05, 3.63) is 86.5 Å². The van der Waals surface area contributed by atoms with Gasteiger partial charge in [0, 0.05) is 9.27 Å². The Morgan fingerprint density at radius 1 is 1.19 bits per heavy atom. The number of aryl methyl sites for hydroxylation is 1. The van der Waals surface area contributed by atoms with Gasteiger partial charge in [0.25, 0.3) is 5.91 Å². The fraction of sp³-hybridized carbons (Fsp3) is 0.367. The van der Waals surface area contributed by atoms with Crippen LogP contribution >= 0.6 is 34.4 Å². The van der Waals surface area contributed by atoms with Crippen molar-refractivity contribution >= 4 is 57.8 Å². The maximum Gasteiger partial charge on any atom is 0.416 e. The molecule has 4 rings (SSSR count). The van der Waals surface area contributed by atoms with Crippen LogP contribution in [0.2, 0.25) is 0 Å². The van der Waals surface area contributed by atoms with Crippen LogP contribution < -0.4 is 11.1 Å². The average Bonchev–Trinajstić information content (AvgIpc) is 3.28. The van der Waals surface area contributed by atoms with Crippen LogP contribution in [0.15, 0.2) is 74.6 Å². The Hall–Kier alpha value is -3.20. The smallest absolute Gasteiger partial charge is 0.369 e. The van der Waals surface area contributed by atoms with Crippen LogP contribution in [-0.4, -0.2) is 34.7 Å². The van der Waals surface area contributed by atoms with Crippen LogP contribution in [0, 0.1) is 23.7 Å². The van der Waals surface area contributed by atoms with E-state index in [-0.39, 0.29) is 18.0 Å². The lowest BCUT2D eigenvalue weighted by molar-refractivity contribution is -0.139. The van der Waals surface area contributed by atoms with Crippen molar-refractivity contribution in [2.75, 3.05) is 17.3 Å². The number of halogens is 4. The number of hydrogen-bond acceptors (Lipinski definition) is 6. The number of carbonyl (C=O) groups excluding carboxylic acids is 3. The zero-order chi connectivity index (χ0) is 31.7. The molecule has 228 valence electrons. The van der Waals surface area contributed by atoms with Gasteiger partial charge in [0.15, 0.2) is 6.04 Å². The van der Waals surface area contributed by atoms with E-state index in [1.54, 1.807) is 49.0 Å². The number of anilines is 1. The first-order valence-corrected chi connectivity index (χ1v) is 15.7. The molecule has 3 atom stereocenters. The zero-order valence-corrected chi connectivity index (χ0v) is 26.9. The number of nitrogens with zero attached hydrogens (tertiary/aromatic N) is 3. The number of alkyl halides is 3. The minimum absolute atomic E-state index is 0.0366. The molecule has 0 fully saturated rings. The Morgan fingerprint density at radius 2 is 1.91 bits per heavy atom. The molecular formula is C30H31F3IN5O3S. The maximum absolute atomic E-state index is 13.7. The van der Waals surface area contributed by atoms with E-state index in [1.165, 1.54) is 12.1 Å². The maximum atomic E-state index is 13.7. The normalized spacial score (nSPS) is 22.1. The van der Waals surface area contributed by atoms with Crippen LogP contribution in [0.5, 0.6) is 0 Å². The Balaban J connectivity index is 1.51. The highest BCUT2D eigenvalue weighted by Crippen LogP contribution is 2.56. The number of carbonyl (C=O) groups is 3. The lowest BCUT2D eigenvalue weighted by atomic mass is 9.57. The molecule has 0 saturated carbocycles. The molecule has 0 bridgehead atoms. The first-order chi connectivity index (χ1) is 20.1. The molecule has 3 N–H and O–H groups in total. The highest BCUT2D eigenvalue weighted by atomic mass is 127. The molecule has 2 aliphatic rings. The van der Waals surface area contributed by atoms with Crippen LogP contribution in [0.3, 0.4) is 0 Å². The standard InChI is InChI=1S/C30H31F3IN5O3S/c1-17-13-18(15-39-26(41)24(37-38-39)19-7-5-8-20(14-19)30(31,32)33)11-12-22(17)36-25(40)21-9-6-10-23(34)29(21,27(35)42)28(2,3)16-43-4/h5-14,21,24H,15-16H2,1-4H3,(H2,35,42)(H,36,40). The van der Waals surface area contributed by atoms with E-state index in [1.807, 2.05) is 26.2 Å². The minimum atomic E-state index is -4.54. The molecule has 2 aromatic carbocycles. The second kappa shape index (κ2) is 12.4. The third-order valence-corrected chi connectivity index (χ3v) is 10.0. The van der Waals surface area contributed by atoms with Gasteiger partial charge in [0.2, 0.25) is 11.8 Å². The number of allylic oxidation sites excluding steroid dienone is 2. The van der Waals surface area contributed by atoms with Crippen molar-refractivity contribution in [3.8, 4) is 0 Å². The van der Waals surface area contributed by atoms with E-state index in [0.29, 0.717) is 26.1 Å². The Labute approximate surface area is 265 Å². The molecule has 1 aliphatic carbocycles. The summed E-state index contributed by atoms with van der Waals surface area (Å²) in [5, 5.41) is 11.9. The average molecular weight is 726 g/mol. The number of nitrogens with one attached hydrogen (secondary N) is 1. The third-order valence-electron chi connectivity index (χ3n) is 7.81. The molecular weight excluding hydrogens is 694 g/mol. The predicted molar refractivity (Wildman–Crippen MR) is 168 cm³/mol. The van der Waals surface area contributed by atoms with Crippen molar-refractivity contribution < 1.29 is 27.6 Å². The molecule has 0 radical (unpaired) electrons. The van der Waals surface area contributed by atoms with E-state index in [0.717, 1.165) is 17.1 Å². The van der Waals surface area contributed by atoms with Crippen molar-refractivity contribution in [2.45, 2.75) is 39.5 Å².